The van der Waals surface area contributed by atoms with Gasteiger partial charge < -0.3 is 4.90 Å². The molecule has 106 valence electrons. The Hall–Kier alpha value is -1.84. The number of carbonyl (C=O) groups is 1. The molecule has 1 fully saturated rings. The molecule has 20 heavy (non-hydrogen) atoms. The zero-order valence-electron chi connectivity index (χ0n) is 12.0. The minimum Gasteiger partial charge on any atom is -0.342 e. The normalized spacial score (nSPS) is 19.1. The molecular formula is C16H21N3O. The van der Waals surface area contributed by atoms with Crippen molar-refractivity contribution >= 4 is 11.9 Å². The lowest BCUT2D eigenvalue weighted by Crippen LogP contribution is -2.46. The summed E-state index contributed by atoms with van der Waals surface area (Å²) in [6.07, 6.45) is 3.69. The van der Waals surface area contributed by atoms with Crippen LogP contribution in [0.15, 0.2) is 29.3 Å². The fourth-order valence-corrected chi connectivity index (χ4v) is 2.93. The van der Waals surface area contributed by atoms with Gasteiger partial charge >= 0.3 is 0 Å². The van der Waals surface area contributed by atoms with E-state index in [1.54, 1.807) is 0 Å². The van der Waals surface area contributed by atoms with E-state index in [0.717, 1.165) is 36.7 Å². The maximum absolute atomic E-state index is 12.7. The number of guanidine groups is 1. The number of carbonyl (C=O) groups excluding carboxylic acids is 1. The number of piperidine rings is 1. The fourth-order valence-electron chi connectivity index (χ4n) is 2.93. The maximum Gasteiger partial charge on any atom is 0.260 e. The van der Waals surface area contributed by atoms with Gasteiger partial charge in [0.05, 0.1) is 6.54 Å². The van der Waals surface area contributed by atoms with E-state index >= 15 is 0 Å². The van der Waals surface area contributed by atoms with Gasteiger partial charge in [-0.2, -0.15) is 0 Å². The molecule has 1 saturated heterocycles. The van der Waals surface area contributed by atoms with E-state index in [2.05, 4.69) is 9.89 Å². The third-order valence-corrected chi connectivity index (χ3v) is 3.97. The van der Waals surface area contributed by atoms with Crippen LogP contribution in [-0.2, 0) is 0 Å². The average Bonchev–Trinajstić information content (AvgIpc) is 2.97. The van der Waals surface area contributed by atoms with Crippen LogP contribution in [0.1, 0.15) is 35.2 Å². The second-order valence-electron chi connectivity index (χ2n) is 5.56. The molecule has 4 nitrogen and oxygen atoms in total. The smallest absolute Gasteiger partial charge is 0.260 e. The van der Waals surface area contributed by atoms with Crippen LogP contribution in [0.3, 0.4) is 0 Å². The number of hydrogen-bond acceptors (Lipinski definition) is 3. The summed E-state index contributed by atoms with van der Waals surface area (Å²) in [5, 5.41) is 0. The molecule has 2 aliphatic rings. The number of likely N-dealkylation sites (tertiary alicyclic amines) is 1. The predicted molar refractivity (Wildman–Crippen MR) is 79.9 cm³/mol. The van der Waals surface area contributed by atoms with E-state index in [9.17, 15) is 4.79 Å². The third kappa shape index (κ3) is 2.55. The zero-order chi connectivity index (χ0) is 13.9. The van der Waals surface area contributed by atoms with Gasteiger partial charge in [0.2, 0.25) is 5.96 Å². The number of benzene rings is 1. The van der Waals surface area contributed by atoms with Gasteiger partial charge in [-0.3, -0.25) is 14.7 Å². The number of rotatable bonds is 1. The first-order valence-electron chi connectivity index (χ1n) is 7.43. The van der Waals surface area contributed by atoms with Crippen molar-refractivity contribution in [2.75, 3.05) is 26.2 Å². The van der Waals surface area contributed by atoms with Crippen molar-refractivity contribution in [2.24, 2.45) is 4.99 Å². The Morgan fingerprint density at radius 1 is 1.15 bits per heavy atom. The molecule has 2 aliphatic heterocycles. The Morgan fingerprint density at radius 2 is 1.95 bits per heavy atom. The van der Waals surface area contributed by atoms with Gasteiger partial charge in [-0.15, -0.1) is 0 Å². The minimum absolute atomic E-state index is 0.0792. The highest BCUT2D eigenvalue weighted by atomic mass is 16.2. The van der Waals surface area contributed by atoms with Gasteiger partial charge in [0.25, 0.3) is 5.91 Å². The van der Waals surface area contributed by atoms with Crippen molar-refractivity contribution in [1.29, 1.82) is 0 Å². The zero-order valence-corrected chi connectivity index (χ0v) is 12.0. The van der Waals surface area contributed by atoms with Crippen LogP contribution in [0.5, 0.6) is 0 Å². The number of aliphatic imine (C=N–C) groups is 1. The van der Waals surface area contributed by atoms with E-state index in [0.29, 0.717) is 6.54 Å². The van der Waals surface area contributed by atoms with Gasteiger partial charge in [-0.25, -0.2) is 0 Å². The van der Waals surface area contributed by atoms with Crippen LogP contribution in [-0.4, -0.2) is 47.8 Å². The van der Waals surface area contributed by atoms with Crippen molar-refractivity contribution < 1.29 is 4.79 Å². The summed E-state index contributed by atoms with van der Waals surface area (Å²) in [5.41, 5.74) is 1.88. The standard InChI is InChI=1S/C16H21N3O/c1-13-6-5-7-14(12-13)15(20)19-11-8-17-16(19)18-9-3-2-4-10-18/h5-7,12H,2-4,8-11H2,1H3. The van der Waals surface area contributed by atoms with Crippen LogP contribution >= 0.6 is 0 Å². The minimum atomic E-state index is 0.0792. The molecule has 0 unspecified atom stereocenters. The Kier molecular flexibility index (Phi) is 3.72. The van der Waals surface area contributed by atoms with Gasteiger partial charge in [-0.05, 0) is 38.3 Å². The maximum atomic E-state index is 12.7. The van der Waals surface area contributed by atoms with E-state index < -0.39 is 0 Å². The quantitative estimate of drug-likeness (QED) is 0.785. The lowest BCUT2D eigenvalue weighted by molar-refractivity contribution is 0.0841. The van der Waals surface area contributed by atoms with Crippen molar-refractivity contribution in [3.05, 3.63) is 35.4 Å². The highest BCUT2D eigenvalue weighted by Gasteiger charge is 2.29. The summed E-state index contributed by atoms with van der Waals surface area (Å²) in [6, 6.07) is 7.80. The largest absolute Gasteiger partial charge is 0.342 e. The Labute approximate surface area is 120 Å². The first-order chi connectivity index (χ1) is 9.75. The molecule has 0 spiro atoms. The lowest BCUT2D eigenvalue weighted by Gasteiger charge is -2.32. The van der Waals surface area contributed by atoms with Crippen LogP contribution in [0.4, 0.5) is 0 Å². The molecule has 2 heterocycles. The summed E-state index contributed by atoms with van der Waals surface area (Å²) in [4.78, 5) is 21.3. The molecule has 0 aliphatic carbocycles. The van der Waals surface area contributed by atoms with E-state index in [1.165, 1.54) is 19.3 Å². The second-order valence-corrected chi connectivity index (χ2v) is 5.56. The molecule has 3 rings (SSSR count). The molecule has 1 aromatic carbocycles. The molecule has 0 saturated carbocycles. The van der Waals surface area contributed by atoms with Crippen molar-refractivity contribution in [1.82, 2.24) is 9.80 Å². The average molecular weight is 271 g/mol. The molecule has 0 bridgehead atoms. The molecule has 4 heteroatoms. The fraction of sp³-hybridized carbons (Fsp3) is 0.500. The first kappa shape index (κ1) is 13.2. The van der Waals surface area contributed by atoms with Gasteiger partial charge in [-0.1, -0.05) is 17.7 Å². The number of nitrogens with zero attached hydrogens (tertiary/aromatic N) is 3. The number of aryl methyl sites for hydroxylation is 1. The molecule has 0 radical (unpaired) electrons. The number of hydrogen-bond donors (Lipinski definition) is 0. The first-order valence-corrected chi connectivity index (χ1v) is 7.43. The van der Waals surface area contributed by atoms with Crippen molar-refractivity contribution in [3.8, 4) is 0 Å². The predicted octanol–water partition coefficient (Wildman–Crippen LogP) is 2.29. The Bertz CT molecular complexity index is 532. The second kappa shape index (κ2) is 5.65. The van der Waals surface area contributed by atoms with E-state index in [1.807, 2.05) is 36.1 Å². The van der Waals surface area contributed by atoms with Crippen LogP contribution in [0.25, 0.3) is 0 Å². The van der Waals surface area contributed by atoms with Gasteiger partial charge in [0.15, 0.2) is 0 Å². The topological polar surface area (TPSA) is 35.9 Å². The molecule has 0 atom stereocenters. The Balaban J connectivity index is 1.79. The molecule has 0 N–H and O–H groups in total. The van der Waals surface area contributed by atoms with E-state index in [-0.39, 0.29) is 5.91 Å². The van der Waals surface area contributed by atoms with Crippen LogP contribution < -0.4 is 0 Å². The SMILES string of the molecule is Cc1cccc(C(=O)N2CCN=C2N2CCCCC2)c1. The van der Waals surface area contributed by atoms with E-state index in [4.69, 9.17) is 0 Å². The summed E-state index contributed by atoms with van der Waals surface area (Å²) in [6.45, 7) is 5.50. The van der Waals surface area contributed by atoms with Crippen molar-refractivity contribution in [3.63, 3.8) is 0 Å². The monoisotopic (exact) mass is 271 g/mol. The third-order valence-electron chi connectivity index (χ3n) is 3.97. The number of amides is 1. The van der Waals surface area contributed by atoms with Gasteiger partial charge in [0, 0.05) is 25.2 Å². The molecular weight excluding hydrogens is 250 g/mol. The van der Waals surface area contributed by atoms with Crippen LogP contribution in [0.2, 0.25) is 0 Å². The molecule has 1 amide bonds. The molecule has 0 aromatic heterocycles. The Morgan fingerprint density at radius 3 is 2.70 bits per heavy atom. The summed E-state index contributed by atoms with van der Waals surface area (Å²) >= 11 is 0. The molecule has 1 aromatic rings. The van der Waals surface area contributed by atoms with Crippen molar-refractivity contribution in [2.45, 2.75) is 26.2 Å². The highest BCUT2D eigenvalue weighted by Crippen LogP contribution is 2.17. The summed E-state index contributed by atoms with van der Waals surface area (Å²) in [7, 11) is 0. The summed E-state index contributed by atoms with van der Waals surface area (Å²) < 4.78 is 0. The lowest BCUT2D eigenvalue weighted by atomic mass is 10.1. The highest BCUT2D eigenvalue weighted by molar-refractivity contribution is 6.06. The van der Waals surface area contributed by atoms with Crippen LogP contribution in [0, 0.1) is 6.92 Å². The van der Waals surface area contributed by atoms with Gasteiger partial charge in [0.1, 0.15) is 0 Å². The summed E-state index contributed by atoms with van der Waals surface area (Å²) in [5.74, 6) is 0.965.